The Morgan fingerprint density at radius 3 is 2.07 bits per heavy atom. The summed E-state index contributed by atoms with van der Waals surface area (Å²) in [6.45, 7) is 1.61. The molecule has 86 valence electrons. The Bertz CT molecular complexity index is 358. The molecule has 0 aliphatic rings. The van der Waals surface area contributed by atoms with Crippen LogP contribution in [0.2, 0.25) is 0 Å². The van der Waals surface area contributed by atoms with Crippen molar-refractivity contribution in [3.63, 3.8) is 0 Å². The van der Waals surface area contributed by atoms with E-state index in [0.717, 1.165) is 12.5 Å². The Balaban J connectivity index is 3.82. The molecule has 0 aromatic heterocycles. The van der Waals surface area contributed by atoms with Crippen LogP contribution in [0.15, 0.2) is 0 Å². The maximum Gasteiger partial charge on any atom is 0.264 e. The van der Waals surface area contributed by atoms with Crippen molar-refractivity contribution in [2.75, 3.05) is 19.1 Å². The third-order valence-corrected chi connectivity index (χ3v) is 2.69. The van der Waals surface area contributed by atoms with Crippen molar-refractivity contribution in [2.45, 2.75) is 19.4 Å². The van der Waals surface area contributed by atoms with Crippen LogP contribution >= 0.6 is 0 Å². The number of hydrogen-bond acceptors (Lipinski definition) is 5. The fourth-order valence-electron chi connectivity index (χ4n) is 0.801. The average Bonchev–Trinajstić information content (AvgIpc) is 1.78. The first-order valence-corrected chi connectivity index (χ1v) is 7.62. The van der Waals surface area contributed by atoms with Gasteiger partial charge in [0.05, 0.1) is 19.1 Å². The predicted molar refractivity (Wildman–Crippen MR) is 52.9 cm³/mol. The van der Waals surface area contributed by atoms with Crippen LogP contribution in [0.4, 0.5) is 0 Å². The largest absolute Gasteiger partial charge is 0.270 e. The first-order chi connectivity index (χ1) is 6.10. The molecule has 0 radical (unpaired) electrons. The Kier molecular flexibility index (Phi) is 4.99. The van der Waals surface area contributed by atoms with Gasteiger partial charge in [-0.15, -0.1) is 0 Å². The van der Waals surface area contributed by atoms with E-state index >= 15 is 0 Å². The van der Waals surface area contributed by atoms with E-state index < -0.39 is 20.1 Å². The average molecular weight is 245 g/mol. The molecule has 0 heterocycles. The van der Waals surface area contributed by atoms with Gasteiger partial charge >= 0.3 is 0 Å². The molecule has 0 saturated heterocycles. The monoisotopic (exact) mass is 245 g/mol. The van der Waals surface area contributed by atoms with Crippen molar-refractivity contribution < 1.29 is 21.0 Å². The van der Waals surface area contributed by atoms with Crippen molar-refractivity contribution in [1.29, 1.82) is 0 Å². The van der Waals surface area contributed by atoms with Gasteiger partial charge in [0.2, 0.25) is 10.0 Å². The van der Waals surface area contributed by atoms with Gasteiger partial charge in [-0.3, -0.25) is 4.18 Å². The fourth-order valence-corrected chi connectivity index (χ4v) is 2.05. The summed E-state index contributed by atoms with van der Waals surface area (Å²) in [6, 6.07) is -0.341. The van der Waals surface area contributed by atoms with Gasteiger partial charge in [-0.1, -0.05) is 0 Å². The third-order valence-electron chi connectivity index (χ3n) is 1.26. The molecule has 0 saturated carbocycles. The number of hydrogen-bond donors (Lipinski definition) is 1. The Labute approximate surface area is 84.8 Å². The highest BCUT2D eigenvalue weighted by atomic mass is 32.2. The molecule has 1 atom stereocenters. The lowest BCUT2D eigenvalue weighted by Crippen LogP contribution is -2.32. The minimum absolute atomic E-state index is 0.0253. The molecule has 14 heavy (non-hydrogen) atoms. The van der Waals surface area contributed by atoms with Crippen molar-refractivity contribution in [3.05, 3.63) is 0 Å². The third kappa shape index (κ3) is 9.90. The van der Waals surface area contributed by atoms with Crippen LogP contribution < -0.4 is 4.72 Å². The second-order valence-corrected chi connectivity index (χ2v) is 6.53. The molecule has 0 rings (SSSR count). The molecular weight excluding hydrogens is 230 g/mol. The van der Waals surface area contributed by atoms with E-state index in [1.807, 2.05) is 0 Å². The van der Waals surface area contributed by atoms with Crippen molar-refractivity contribution >= 4 is 20.1 Å². The highest BCUT2D eigenvalue weighted by molar-refractivity contribution is 7.88. The molecule has 1 N–H and O–H groups in total. The van der Waals surface area contributed by atoms with E-state index in [1.54, 1.807) is 6.92 Å². The summed E-state index contributed by atoms with van der Waals surface area (Å²) < 4.78 is 49.3. The van der Waals surface area contributed by atoms with Crippen LogP contribution in [0, 0.1) is 0 Å². The lowest BCUT2D eigenvalue weighted by molar-refractivity contribution is 0.303. The molecule has 0 aromatic rings. The van der Waals surface area contributed by atoms with Crippen LogP contribution in [0.1, 0.15) is 13.3 Å². The summed E-state index contributed by atoms with van der Waals surface area (Å²) in [5, 5.41) is 0. The van der Waals surface area contributed by atoms with E-state index in [0.29, 0.717) is 6.42 Å². The second-order valence-electron chi connectivity index (χ2n) is 3.11. The van der Waals surface area contributed by atoms with Gasteiger partial charge in [0.1, 0.15) is 0 Å². The maximum absolute atomic E-state index is 10.7. The van der Waals surface area contributed by atoms with E-state index in [9.17, 15) is 16.8 Å². The molecule has 0 bridgehead atoms. The zero-order valence-corrected chi connectivity index (χ0v) is 9.98. The van der Waals surface area contributed by atoms with Crippen LogP contribution in [-0.2, 0) is 24.3 Å². The normalized spacial score (nSPS) is 15.4. The number of sulfonamides is 1. The topological polar surface area (TPSA) is 89.5 Å². The van der Waals surface area contributed by atoms with Crippen LogP contribution in [-0.4, -0.2) is 42.0 Å². The summed E-state index contributed by atoms with van der Waals surface area (Å²) in [5.74, 6) is 0. The predicted octanol–water partition coefficient (Wildman–Crippen LogP) is -0.710. The smallest absolute Gasteiger partial charge is 0.264 e. The summed E-state index contributed by atoms with van der Waals surface area (Å²) >= 11 is 0. The first-order valence-electron chi connectivity index (χ1n) is 3.92. The van der Waals surface area contributed by atoms with Gasteiger partial charge in [-0.05, 0) is 13.3 Å². The first kappa shape index (κ1) is 13.8. The molecule has 0 spiro atoms. The molecular formula is C6H15NO5S2. The summed E-state index contributed by atoms with van der Waals surface area (Å²) in [7, 11) is -6.68. The Morgan fingerprint density at radius 2 is 1.71 bits per heavy atom. The van der Waals surface area contributed by atoms with E-state index in [2.05, 4.69) is 8.91 Å². The summed E-state index contributed by atoms with van der Waals surface area (Å²) in [5.41, 5.74) is 0. The lowest BCUT2D eigenvalue weighted by Gasteiger charge is -2.10. The van der Waals surface area contributed by atoms with Gasteiger partial charge in [0.15, 0.2) is 0 Å². The van der Waals surface area contributed by atoms with Crippen molar-refractivity contribution in [3.8, 4) is 0 Å². The minimum Gasteiger partial charge on any atom is -0.270 e. The molecule has 8 heteroatoms. The highest BCUT2D eigenvalue weighted by Gasteiger charge is 2.09. The molecule has 0 aliphatic heterocycles. The molecule has 0 fully saturated rings. The van der Waals surface area contributed by atoms with Crippen molar-refractivity contribution in [2.24, 2.45) is 0 Å². The Morgan fingerprint density at radius 1 is 1.21 bits per heavy atom. The van der Waals surface area contributed by atoms with Gasteiger partial charge in [0.25, 0.3) is 10.1 Å². The molecule has 0 aliphatic carbocycles. The van der Waals surface area contributed by atoms with Crippen LogP contribution in [0.25, 0.3) is 0 Å². The van der Waals surface area contributed by atoms with Crippen LogP contribution in [0.3, 0.4) is 0 Å². The SMILES string of the molecule is C[C@@H](CCOS(C)(=O)=O)NS(C)(=O)=O. The van der Waals surface area contributed by atoms with Crippen molar-refractivity contribution in [1.82, 2.24) is 4.72 Å². The fraction of sp³-hybridized carbons (Fsp3) is 1.00. The number of rotatable bonds is 6. The molecule has 0 unspecified atom stereocenters. The minimum atomic E-state index is -3.44. The van der Waals surface area contributed by atoms with Gasteiger partial charge in [-0.25, -0.2) is 13.1 Å². The zero-order chi connectivity index (χ0) is 11.4. The maximum atomic E-state index is 10.7. The van der Waals surface area contributed by atoms with Gasteiger partial charge in [-0.2, -0.15) is 8.42 Å². The molecule has 6 nitrogen and oxygen atoms in total. The van der Waals surface area contributed by atoms with Gasteiger partial charge < -0.3 is 0 Å². The second kappa shape index (κ2) is 5.06. The zero-order valence-electron chi connectivity index (χ0n) is 8.35. The molecule has 0 amide bonds. The summed E-state index contributed by atoms with van der Waals surface area (Å²) in [4.78, 5) is 0. The highest BCUT2D eigenvalue weighted by Crippen LogP contribution is 1.96. The Hall–Kier alpha value is -0.180. The number of nitrogens with one attached hydrogen (secondary N) is 1. The van der Waals surface area contributed by atoms with Crippen LogP contribution in [0.5, 0.6) is 0 Å². The standard InChI is InChI=1S/C6H15NO5S2/c1-6(7-13(2,8)9)4-5-12-14(3,10)11/h6-7H,4-5H2,1-3H3/t6-/m0/s1. The summed E-state index contributed by atoms with van der Waals surface area (Å²) in [6.07, 6.45) is 2.29. The van der Waals surface area contributed by atoms with E-state index in [-0.39, 0.29) is 12.6 Å². The van der Waals surface area contributed by atoms with E-state index in [4.69, 9.17) is 0 Å². The van der Waals surface area contributed by atoms with Gasteiger partial charge in [0, 0.05) is 6.04 Å². The quantitative estimate of drug-likeness (QED) is 0.624. The molecule has 0 aromatic carbocycles. The van der Waals surface area contributed by atoms with E-state index in [1.165, 1.54) is 0 Å². The lowest BCUT2D eigenvalue weighted by atomic mass is 10.3.